The molecule has 2 N–H and O–H groups in total. The average molecular weight is 379 g/mol. The molecule has 2 aromatic rings. The summed E-state index contributed by atoms with van der Waals surface area (Å²) in [6.07, 6.45) is 2.30. The molecule has 0 aromatic heterocycles. The Bertz CT molecular complexity index is 858. The number of amides is 1. The number of aliphatic hydroxyl groups excluding tert-OH is 1. The van der Waals surface area contributed by atoms with Gasteiger partial charge in [0, 0.05) is 24.8 Å². The van der Waals surface area contributed by atoms with E-state index in [-0.39, 0.29) is 42.6 Å². The lowest BCUT2D eigenvalue weighted by Crippen LogP contribution is -2.41. The third-order valence-electron chi connectivity index (χ3n) is 5.69. The zero-order valence-electron chi connectivity index (χ0n) is 15.8. The van der Waals surface area contributed by atoms with Gasteiger partial charge in [0.25, 0.3) is 0 Å². The van der Waals surface area contributed by atoms with E-state index in [1.165, 1.54) is 0 Å². The van der Waals surface area contributed by atoms with Crippen LogP contribution in [-0.4, -0.2) is 29.5 Å². The van der Waals surface area contributed by atoms with Gasteiger partial charge in [0.1, 0.15) is 5.75 Å². The molecule has 1 amide bonds. The molecule has 146 valence electrons. The van der Waals surface area contributed by atoms with Crippen LogP contribution < -0.4 is 10.1 Å². The molecule has 1 atom stereocenters. The monoisotopic (exact) mass is 379 g/mol. The normalized spacial score (nSPS) is 21.2. The Morgan fingerprint density at radius 2 is 1.89 bits per heavy atom. The molecule has 2 aliphatic rings. The summed E-state index contributed by atoms with van der Waals surface area (Å²) in [4.78, 5) is 24.8. The van der Waals surface area contributed by atoms with E-state index in [1.54, 1.807) is 12.1 Å². The van der Waals surface area contributed by atoms with Crippen molar-refractivity contribution in [1.82, 2.24) is 5.32 Å². The maximum absolute atomic E-state index is 12.6. The van der Waals surface area contributed by atoms with Crippen molar-refractivity contribution in [2.75, 3.05) is 6.61 Å². The summed E-state index contributed by atoms with van der Waals surface area (Å²) in [6.45, 7) is 0.694. The number of ether oxygens (including phenoxy) is 1. The van der Waals surface area contributed by atoms with Gasteiger partial charge in [-0.1, -0.05) is 36.4 Å². The van der Waals surface area contributed by atoms with Crippen LogP contribution >= 0.6 is 0 Å². The molecule has 0 spiro atoms. The fourth-order valence-corrected chi connectivity index (χ4v) is 4.02. The minimum Gasteiger partial charge on any atom is -0.493 e. The molecule has 28 heavy (non-hydrogen) atoms. The molecule has 0 bridgehead atoms. The first-order valence-electron chi connectivity index (χ1n) is 9.91. The van der Waals surface area contributed by atoms with E-state index in [2.05, 4.69) is 11.4 Å². The molecule has 1 aliphatic heterocycles. The highest BCUT2D eigenvalue weighted by Gasteiger charge is 2.36. The number of aliphatic hydroxyl groups is 1. The van der Waals surface area contributed by atoms with Crippen molar-refractivity contribution in [1.29, 1.82) is 0 Å². The zero-order valence-corrected chi connectivity index (χ0v) is 15.8. The first-order chi connectivity index (χ1) is 13.6. The third-order valence-corrected chi connectivity index (χ3v) is 5.69. The van der Waals surface area contributed by atoms with E-state index in [1.807, 2.05) is 30.3 Å². The van der Waals surface area contributed by atoms with Crippen LogP contribution in [-0.2, 0) is 11.2 Å². The van der Waals surface area contributed by atoms with E-state index in [4.69, 9.17) is 4.74 Å². The van der Waals surface area contributed by atoms with Crippen LogP contribution in [0.1, 0.15) is 53.2 Å². The number of fused-ring (bicyclic) bond motifs is 1. The lowest BCUT2D eigenvalue weighted by Gasteiger charge is -2.38. The standard InChI is InChI=1S/C23H25NO4/c25-19-13-18(14-19)23(17-6-8-21-16(12-17)10-11-28-21)24-22(27)9-7-20(26)15-4-2-1-3-5-15/h1-6,8,12,18-19,23,25H,7,9-11,13-14H2,(H,24,27). The number of benzene rings is 2. The first-order valence-corrected chi connectivity index (χ1v) is 9.91. The Labute approximate surface area is 164 Å². The third kappa shape index (κ3) is 4.09. The van der Waals surface area contributed by atoms with Gasteiger partial charge in [-0.3, -0.25) is 9.59 Å². The van der Waals surface area contributed by atoms with Crippen LogP contribution in [0.15, 0.2) is 48.5 Å². The van der Waals surface area contributed by atoms with Crippen LogP contribution in [0.4, 0.5) is 0 Å². The molecule has 0 saturated heterocycles. The largest absolute Gasteiger partial charge is 0.493 e. The first kappa shape index (κ1) is 18.7. The molecular weight excluding hydrogens is 354 g/mol. The number of rotatable bonds is 7. The summed E-state index contributed by atoms with van der Waals surface area (Å²) in [7, 11) is 0. The Hall–Kier alpha value is -2.66. The molecule has 1 saturated carbocycles. The Balaban J connectivity index is 1.41. The topological polar surface area (TPSA) is 75.6 Å². The molecule has 4 rings (SSSR count). The SMILES string of the molecule is O=C(CCC(=O)c1ccccc1)NC(c1ccc2c(c1)CCO2)C1CC(O)C1. The zero-order chi connectivity index (χ0) is 19.5. The van der Waals surface area contributed by atoms with Gasteiger partial charge < -0.3 is 15.2 Å². The van der Waals surface area contributed by atoms with Gasteiger partial charge in [-0.15, -0.1) is 0 Å². The fraction of sp³-hybridized carbons (Fsp3) is 0.391. The van der Waals surface area contributed by atoms with Gasteiger partial charge in [0.15, 0.2) is 5.78 Å². The summed E-state index contributed by atoms with van der Waals surface area (Å²) in [6, 6.07) is 15.0. The number of ketones is 1. The van der Waals surface area contributed by atoms with E-state index < -0.39 is 0 Å². The van der Waals surface area contributed by atoms with Gasteiger partial charge in [0.2, 0.25) is 5.91 Å². The molecule has 1 heterocycles. The van der Waals surface area contributed by atoms with Gasteiger partial charge in [-0.25, -0.2) is 0 Å². The highest BCUT2D eigenvalue weighted by molar-refractivity contribution is 5.97. The minimum atomic E-state index is -0.290. The Morgan fingerprint density at radius 1 is 1.11 bits per heavy atom. The van der Waals surface area contributed by atoms with Crippen molar-refractivity contribution < 1.29 is 19.4 Å². The van der Waals surface area contributed by atoms with E-state index in [0.717, 1.165) is 23.3 Å². The number of carbonyl (C=O) groups excluding carboxylic acids is 2. The van der Waals surface area contributed by atoms with Gasteiger partial charge >= 0.3 is 0 Å². The molecular formula is C23H25NO4. The molecule has 0 radical (unpaired) electrons. The van der Waals surface area contributed by atoms with Crippen molar-refractivity contribution in [3.63, 3.8) is 0 Å². The molecule has 1 fully saturated rings. The molecule has 2 aromatic carbocycles. The van der Waals surface area contributed by atoms with Gasteiger partial charge in [-0.2, -0.15) is 0 Å². The number of Topliss-reactive ketones (excluding diaryl/α,β-unsaturated/α-hetero) is 1. The fourth-order valence-electron chi connectivity index (χ4n) is 4.02. The molecule has 1 unspecified atom stereocenters. The second kappa shape index (κ2) is 8.15. The number of carbonyl (C=O) groups is 2. The van der Waals surface area contributed by atoms with Crippen molar-refractivity contribution in [3.8, 4) is 5.75 Å². The van der Waals surface area contributed by atoms with Crippen LogP contribution in [0.3, 0.4) is 0 Å². The van der Waals surface area contributed by atoms with Crippen molar-refractivity contribution in [2.24, 2.45) is 5.92 Å². The highest BCUT2D eigenvalue weighted by Crippen LogP contribution is 2.39. The quantitative estimate of drug-likeness (QED) is 0.725. The van der Waals surface area contributed by atoms with Crippen molar-refractivity contribution in [3.05, 3.63) is 65.2 Å². The smallest absolute Gasteiger partial charge is 0.220 e. The lowest BCUT2D eigenvalue weighted by molar-refractivity contribution is -0.123. The van der Waals surface area contributed by atoms with Crippen LogP contribution in [0.25, 0.3) is 0 Å². The van der Waals surface area contributed by atoms with E-state index in [9.17, 15) is 14.7 Å². The number of hydrogen-bond acceptors (Lipinski definition) is 4. The molecule has 5 heteroatoms. The second-order valence-corrected chi connectivity index (χ2v) is 7.69. The second-order valence-electron chi connectivity index (χ2n) is 7.69. The minimum absolute atomic E-state index is 0.0268. The van der Waals surface area contributed by atoms with Crippen LogP contribution in [0, 0.1) is 5.92 Å². The van der Waals surface area contributed by atoms with E-state index in [0.29, 0.717) is 25.0 Å². The predicted octanol–water partition coefficient (Wildman–Crippen LogP) is 3.21. The Kier molecular flexibility index (Phi) is 5.44. The number of hydrogen-bond donors (Lipinski definition) is 2. The summed E-state index contributed by atoms with van der Waals surface area (Å²) < 4.78 is 5.57. The maximum atomic E-state index is 12.6. The molecule has 1 aliphatic carbocycles. The summed E-state index contributed by atoms with van der Waals surface area (Å²) in [5, 5.41) is 12.8. The van der Waals surface area contributed by atoms with Crippen LogP contribution in [0.2, 0.25) is 0 Å². The van der Waals surface area contributed by atoms with Crippen molar-refractivity contribution >= 4 is 11.7 Å². The van der Waals surface area contributed by atoms with E-state index >= 15 is 0 Å². The Morgan fingerprint density at radius 3 is 2.64 bits per heavy atom. The summed E-state index contributed by atoms with van der Waals surface area (Å²) in [5.74, 6) is 0.966. The summed E-state index contributed by atoms with van der Waals surface area (Å²) >= 11 is 0. The lowest BCUT2D eigenvalue weighted by atomic mass is 9.74. The number of nitrogens with one attached hydrogen (secondary N) is 1. The average Bonchev–Trinajstić information content (AvgIpc) is 3.16. The molecule has 5 nitrogen and oxygen atoms in total. The van der Waals surface area contributed by atoms with Crippen LogP contribution in [0.5, 0.6) is 5.75 Å². The van der Waals surface area contributed by atoms with Gasteiger partial charge in [0.05, 0.1) is 18.8 Å². The van der Waals surface area contributed by atoms with Crippen molar-refractivity contribution in [2.45, 2.75) is 44.2 Å². The predicted molar refractivity (Wildman–Crippen MR) is 105 cm³/mol. The maximum Gasteiger partial charge on any atom is 0.220 e. The van der Waals surface area contributed by atoms with Gasteiger partial charge in [-0.05, 0) is 42.0 Å². The highest BCUT2D eigenvalue weighted by atomic mass is 16.5. The summed E-state index contributed by atoms with van der Waals surface area (Å²) in [5.41, 5.74) is 2.84.